The molecule has 0 saturated carbocycles. The zero-order valence-electron chi connectivity index (χ0n) is 15.5. The van der Waals surface area contributed by atoms with E-state index in [-0.39, 0.29) is 24.3 Å². The second-order valence-electron chi connectivity index (χ2n) is 5.88. The van der Waals surface area contributed by atoms with Gasteiger partial charge in [-0.1, -0.05) is 12.1 Å². The zero-order chi connectivity index (χ0) is 21.2. The molecule has 0 aromatic heterocycles. The fraction of sp³-hybridized carbons (Fsp3) is 0.211. The van der Waals surface area contributed by atoms with Gasteiger partial charge in [-0.25, -0.2) is 0 Å². The lowest BCUT2D eigenvalue weighted by atomic mass is 10.2. The highest BCUT2D eigenvalue weighted by Gasteiger charge is 2.12. The van der Waals surface area contributed by atoms with Crippen LogP contribution < -0.4 is 15.6 Å². The minimum atomic E-state index is -0.742. The molecule has 0 radical (unpaired) electrons. The van der Waals surface area contributed by atoms with E-state index in [1.165, 1.54) is 12.1 Å². The molecule has 0 fully saturated rings. The molecule has 10 nitrogen and oxygen atoms in total. The van der Waals surface area contributed by atoms with Gasteiger partial charge in [0.25, 0.3) is 17.5 Å². The van der Waals surface area contributed by atoms with Gasteiger partial charge in [0, 0.05) is 17.7 Å². The molecule has 2 amide bonds. The van der Waals surface area contributed by atoms with Crippen molar-refractivity contribution < 1.29 is 28.8 Å². The number of non-ortho nitro benzene ring substituents is 1. The number of aryl methyl sites for hydroxylation is 1. The van der Waals surface area contributed by atoms with Crippen LogP contribution in [0.5, 0.6) is 5.75 Å². The summed E-state index contributed by atoms with van der Waals surface area (Å²) in [5, 5.41) is 10.6. The summed E-state index contributed by atoms with van der Waals surface area (Å²) in [6.45, 7) is 1.44. The minimum Gasteiger partial charge on any atom is -0.493 e. The predicted octanol–water partition coefficient (Wildman–Crippen LogP) is 1.68. The first-order chi connectivity index (χ1) is 13.8. The Morgan fingerprint density at radius 3 is 2.45 bits per heavy atom. The Morgan fingerprint density at radius 1 is 1.07 bits per heavy atom. The number of hydrogen-bond acceptors (Lipinski definition) is 7. The molecule has 2 aromatic rings. The minimum absolute atomic E-state index is 0.0453. The number of nitrogens with zero attached hydrogens (tertiary/aromatic N) is 1. The van der Waals surface area contributed by atoms with Crippen LogP contribution in [0.3, 0.4) is 0 Å². The Hall–Kier alpha value is -3.95. The summed E-state index contributed by atoms with van der Waals surface area (Å²) in [6.07, 6.45) is -0.0453. The van der Waals surface area contributed by atoms with E-state index in [1.54, 1.807) is 6.07 Å². The number of benzene rings is 2. The summed E-state index contributed by atoms with van der Waals surface area (Å²) in [6, 6.07) is 12.2. The van der Waals surface area contributed by atoms with Crippen LogP contribution >= 0.6 is 0 Å². The molecule has 152 valence electrons. The highest BCUT2D eigenvalue weighted by Crippen LogP contribution is 2.13. The van der Waals surface area contributed by atoms with E-state index in [0.717, 1.165) is 17.7 Å². The number of nitro benzene ring substituents is 1. The average Bonchev–Trinajstić information content (AvgIpc) is 2.70. The van der Waals surface area contributed by atoms with Gasteiger partial charge in [0.2, 0.25) is 0 Å². The van der Waals surface area contributed by atoms with Gasteiger partial charge < -0.3 is 9.47 Å². The van der Waals surface area contributed by atoms with Crippen molar-refractivity contribution in [3.05, 3.63) is 69.8 Å². The van der Waals surface area contributed by atoms with Crippen molar-refractivity contribution in [3.63, 3.8) is 0 Å². The maximum Gasteiger partial charge on any atom is 0.309 e. The highest BCUT2D eigenvalue weighted by atomic mass is 16.6. The molecule has 0 saturated heterocycles. The number of carbonyl (C=O) groups excluding carboxylic acids is 3. The Kier molecular flexibility index (Phi) is 7.66. The van der Waals surface area contributed by atoms with Gasteiger partial charge in [-0.2, -0.15) is 0 Å². The Labute approximate surface area is 165 Å². The van der Waals surface area contributed by atoms with Crippen LogP contribution in [0.15, 0.2) is 48.5 Å². The average molecular weight is 401 g/mol. The number of hydrazine groups is 1. The maximum absolute atomic E-state index is 11.8. The van der Waals surface area contributed by atoms with Crippen LogP contribution in [0.25, 0.3) is 0 Å². The van der Waals surface area contributed by atoms with Gasteiger partial charge in [0.05, 0.1) is 18.0 Å². The zero-order valence-corrected chi connectivity index (χ0v) is 15.5. The van der Waals surface area contributed by atoms with E-state index in [9.17, 15) is 24.5 Å². The van der Waals surface area contributed by atoms with E-state index in [4.69, 9.17) is 9.47 Å². The molecule has 0 aliphatic carbocycles. The van der Waals surface area contributed by atoms with Crippen molar-refractivity contribution in [3.8, 4) is 5.75 Å². The van der Waals surface area contributed by atoms with Crippen LogP contribution in [0.2, 0.25) is 0 Å². The fourth-order valence-corrected chi connectivity index (χ4v) is 2.14. The number of ether oxygens (including phenoxy) is 2. The number of esters is 1. The number of rotatable bonds is 8. The molecule has 0 atom stereocenters. The number of carbonyl (C=O) groups is 3. The molecule has 10 heteroatoms. The summed E-state index contributed by atoms with van der Waals surface area (Å²) >= 11 is 0. The third-order valence-corrected chi connectivity index (χ3v) is 3.58. The summed E-state index contributed by atoms with van der Waals surface area (Å²) in [5.74, 6) is -1.42. The molecule has 2 aromatic carbocycles. The van der Waals surface area contributed by atoms with Gasteiger partial charge >= 0.3 is 5.97 Å². The van der Waals surface area contributed by atoms with E-state index in [2.05, 4.69) is 10.9 Å². The van der Waals surface area contributed by atoms with E-state index in [1.807, 2.05) is 25.1 Å². The lowest BCUT2D eigenvalue weighted by Crippen LogP contribution is -2.43. The Bertz CT molecular complexity index is 897. The first kappa shape index (κ1) is 21.4. The van der Waals surface area contributed by atoms with Crippen molar-refractivity contribution in [1.29, 1.82) is 0 Å². The molecule has 0 aliphatic heterocycles. The largest absolute Gasteiger partial charge is 0.493 e. The van der Waals surface area contributed by atoms with Crippen LogP contribution in [0.1, 0.15) is 22.3 Å². The molecule has 2 rings (SSSR count). The second kappa shape index (κ2) is 10.4. The first-order valence-corrected chi connectivity index (χ1v) is 8.54. The van der Waals surface area contributed by atoms with E-state index >= 15 is 0 Å². The molecule has 0 unspecified atom stereocenters. The summed E-state index contributed by atoms with van der Waals surface area (Å²) < 4.78 is 10.2. The van der Waals surface area contributed by atoms with Crippen molar-refractivity contribution >= 4 is 23.5 Å². The number of nitro groups is 1. The maximum atomic E-state index is 11.8. The third-order valence-electron chi connectivity index (χ3n) is 3.58. The van der Waals surface area contributed by atoms with E-state index in [0.29, 0.717) is 5.75 Å². The smallest absolute Gasteiger partial charge is 0.309 e. The number of hydrogen-bond donors (Lipinski definition) is 2. The summed E-state index contributed by atoms with van der Waals surface area (Å²) in [4.78, 5) is 45.1. The lowest BCUT2D eigenvalue weighted by Gasteiger charge is -2.09. The first-order valence-electron chi connectivity index (χ1n) is 8.54. The molecule has 0 spiro atoms. The Morgan fingerprint density at radius 2 is 1.79 bits per heavy atom. The third kappa shape index (κ3) is 7.29. The quantitative estimate of drug-likeness (QED) is 0.390. The van der Waals surface area contributed by atoms with Gasteiger partial charge in [0.15, 0.2) is 6.61 Å². The molecule has 29 heavy (non-hydrogen) atoms. The normalized spacial score (nSPS) is 9.97. The standard InChI is InChI=1S/C19H19N3O7/c1-13-3-2-4-16(11-13)28-10-9-18(24)29-12-17(23)20-21-19(25)14-5-7-15(8-6-14)22(26)27/h2-8,11H,9-10,12H2,1H3,(H,20,23)(H,21,25). The van der Waals surface area contributed by atoms with Crippen LogP contribution in [-0.2, 0) is 14.3 Å². The second-order valence-corrected chi connectivity index (χ2v) is 5.88. The summed E-state index contributed by atoms with van der Waals surface area (Å²) in [5.41, 5.74) is 5.17. The van der Waals surface area contributed by atoms with Gasteiger partial charge in [-0.3, -0.25) is 35.3 Å². The highest BCUT2D eigenvalue weighted by molar-refractivity contribution is 5.95. The van der Waals surface area contributed by atoms with Crippen molar-refractivity contribution in [2.75, 3.05) is 13.2 Å². The SMILES string of the molecule is Cc1cccc(OCCC(=O)OCC(=O)NNC(=O)c2ccc([N+](=O)[O-])cc2)c1. The van der Waals surface area contributed by atoms with Gasteiger partial charge in [0.1, 0.15) is 5.75 Å². The molecular weight excluding hydrogens is 382 g/mol. The van der Waals surface area contributed by atoms with Crippen molar-refractivity contribution in [2.45, 2.75) is 13.3 Å². The molecule has 0 bridgehead atoms. The lowest BCUT2D eigenvalue weighted by molar-refractivity contribution is -0.384. The molecule has 2 N–H and O–H groups in total. The number of nitrogens with one attached hydrogen (secondary N) is 2. The topological polar surface area (TPSA) is 137 Å². The monoisotopic (exact) mass is 401 g/mol. The van der Waals surface area contributed by atoms with Crippen LogP contribution in [0, 0.1) is 17.0 Å². The van der Waals surface area contributed by atoms with Crippen molar-refractivity contribution in [1.82, 2.24) is 10.9 Å². The van der Waals surface area contributed by atoms with E-state index < -0.39 is 29.3 Å². The number of amides is 2. The van der Waals surface area contributed by atoms with Crippen LogP contribution in [-0.4, -0.2) is 35.9 Å². The predicted molar refractivity (Wildman–Crippen MR) is 101 cm³/mol. The van der Waals surface area contributed by atoms with Crippen LogP contribution in [0.4, 0.5) is 5.69 Å². The van der Waals surface area contributed by atoms with Gasteiger partial charge in [-0.15, -0.1) is 0 Å². The molecule has 0 aliphatic rings. The Balaban J connectivity index is 1.65. The van der Waals surface area contributed by atoms with Gasteiger partial charge in [-0.05, 0) is 36.8 Å². The fourth-order valence-electron chi connectivity index (χ4n) is 2.14. The molecular formula is C19H19N3O7. The molecule has 0 heterocycles. The van der Waals surface area contributed by atoms with Crippen molar-refractivity contribution in [2.24, 2.45) is 0 Å². The summed E-state index contributed by atoms with van der Waals surface area (Å²) in [7, 11) is 0.